The lowest BCUT2D eigenvalue weighted by Gasteiger charge is -2.30. The standard InChI is InChI=1S/C13H18N2O3/c1-8-6-9(2)14-12(17)11(8)13(18)15-5-3-4-10(16)7-15/h6,10,16H,3-5,7H2,1-2H3,(H,14,17)/t10-/m1/s1. The van der Waals surface area contributed by atoms with Gasteiger partial charge in [-0.3, -0.25) is 9.59 Å². The van der Waals surface area contributed by atoms with E-state index in [1.807, 2.05) is 0 Å². The number of piperidine rings is 1. The van der Waals surface area contributed by atoms with Gasteiger partial charge in [-0.2, -0.15) is 0 Å². The minimum atomic E-state index is -0.479. The summed E-state index contributed by atoms with van der Waals surface area (Å²) in [6.45, 7) is 4.46. The molecule has 1 fully saturated rings. The normalized spacial score (nSPS) is 19.9. The van der Waals surface area contributed by atoms with E-state index in [4.69, 9.17) is 0 Å². The zero-order valence-corrected chi connectivity index (χ0v) is 10.7. The topological polar surface area (TPSA) is 73.4 Å². The summed E-state index contributed by atoms with van der Waals surface area (Å²) in [5.41, 5.74) is 1.27. The van der Waals surface area contributed by atoms with Gasteiger partial charge in [0.05, 0.1) is 6.10 Å². The number of aromatic nitrogens is 1. The smallest absolute Gasteiger partial charge is 0.261 e. The monoisotopic (exact) mass is 250 g/mol. The van der Waals surface area contributed by atoms with E-state index in [1.54, 1.807) is 24.8 Å². The first-order valence-corrected chi connectivity index (χ1v) is 6.17. The van der Waals surface area contributed by atoms with E-state index in [-0.39, 0.29) is 17.0 Å². The maximum absolute atomic E-state index is 12.3. The fraction of sp³-hybridized carbons (Fsp3) is 0.538. The molecule has 1 saturated heterocycles. The van der Waals surface area contributed by atoms with Crippen LogP contribution in [0.5, 0.6) is 0 Å². The second-order valence-corrected chi connectivity index (χ2v) is 4.89. The molecule has 98 valence electrons. The molecule has 1 aliphatic rings. The Kier molecular flexibility index (Phi) is 3.52. The first kappa shape index (κ1) is 12.8. The number of carbonyl (C=O) groups excluding carboxylic acids is 1. The molecule has 0 unspecified atom stereocenters. The fourth-order valence-electron chi connectivity index (χ4n) is 2.42. The summed E-state index contributed by atoms with van der Waals surface area (Å²) >= 11 is 0. The van der Waals surface area contributed by atoms with Gasteiger partial charge in [0.1, 0.15) is 5.56 Å². The molecule has 1 amide bonds. The Morgan fingerprint density at radius 3 is 2.83 bits per heavy atom. The molecule has 2 heterocycles. The van der Waals surface area contributed by atoms with Crippen LogP contribution in [0.25, 0.3) is 0 Å². The second-order valence-electron chi connectivity index (χ2n) is 4.89. The molecule has 1 aromatic heterocycles. The fourth-order valence-corrected chi connectivity index (χ4v) is 2.42. The van der Waals surface area contributed by atoms with Crippen LogP contribution < -0.4 is 5.56 Å². The highest BCUT2D eigenvalue weighted by molar-refractivity contribution is 5.95. The van der Waals surface area contributed by atoms with E-state index in [9.17, 15) is 14.7 Å². The average Bonchev–Trinajstić information content (AvgIpc) is 2.27. The van der Waals surface area contributed by atoms with Crippen molar-refractivity contribution in [1.29, 1.82) is 0 Å². The van der Waals surface area contributed by atoms with Gasteiger partial charge in [0.15, 0.2) is 0 Å². The van der Waals surface area contributed by atoms with Gasteiger partial charge in [0.25, 0.3) is 11.5 Å². The van der Waals surface area contributed by atoms with Crippen molar-refractivity contribution < 1.29 is 9.90 Å². The van der Waals surface area contributed by atoms with E-state index >= 15 is 0 Å². The number of amides is 1. The summed E-state index contributed by atoms with van der Waals surface area (Å²) in [5.74, 6) is -0.285. The summed E-state index contributed by atoms with van der Waals surface area (Å²) < 4.78 is 0. The molecule has 1 aromatic rings. The summed E-state index contributed by atoms with van der Waals surface area (Å²) in [5, 5.41) is 9.58. The molecule has 0 saturated carbocycles. The molecule has 1 atom stereocenters. The van der Waals surface area contributed by atoms with Crippen LogP contribution in [0.4, 0.5) is 0 Å². The Bertz CT molecular complexity index is 521. The van der Waals surface area contributed by atoms with Crippen molar-refractivity contribution in [2.45, 2.75) is 32.8 Å². The summed E-state index contributed by atoms with van der Waals surface area (Å²) in [6.07, 6.45) is 1.01. The molecule has 18 heavy (non-hydrogen) atoms. The number of nitrogens with zero attached hydrogens (tertiary/aromatic N) is 1. The molecule has 0 bridgehead atoms. The van der Waals surface area contributed by atoms with Gasteiger partial charge in [-0.15, -0.1) is 0 Å². The third-order valence-electron chi connectivity index (χ3n) is 3.26. The van der Waals surface area contributed by atoms with Crippen molar-refractivity contribution in [3.05, 3.63) is 33.2 Å². The lowest BCUT2D eigenvalue weighted by atomic mass is 10.0. The highest BCUT2D eigenvalue weighted by Gasteiger charge is 2.25. The van der Waals surface area contributed by atoms with Crippen molar-refractivity contribution in [3.63, 3.8) is 0 Å². The quantitative estimate of drug-likeness (QED) is 0.766. The summed E-state index contributed by atoms with van der Waals surface area (Å²) in [4.78, 5) is 28.4. The third kappa shape index (κ3) is 2.46. The number of aliphatic hydroxyl groups excluding tert-OH is 1. The van der Waals surface area contributed by atoms with Crippen LogP contribution in [0, 0.1) is 13.8 Å². The summed E-state index contributed by atoms with van der Waals surface area (Å²) in [6, 6.07) is 1.79. The number of rotatable bonds is 1. The number of carbonyl (C=O) groups is 1. The Hall–Kier alpha value is -1.62. The number of pyridine rings is 1. The zero-order valence-electron chi connectivity index (χ0n) is 10.7. The van der Waals surface area contributed by atoms with Crippen LogP contribution in [0.1, 0.15) is 34.5 Å². The van der Waals surface area contributed by atoms with Crippen LogP contribution in [-0.4, -0.2) is 40.1 Å². The number of nitrogens with one attached hydrogen (secondary N) is 1. The first-order chi connectivity index (χ1) is 8.49. The van der Waals surface area contributed by atoms with E-state index < -0.39 is 6.10 Å². The zero-order chi connectivity index (χ0) is 13.3. The lowest BCUT2D eigenvalue weighted by Crippen LogP contribution is -2.44. The van der Waals surface area contributed by atoms with Gasteiger partial charge in [0.2, 0.25) is 0 Å². The predicted molar refractivity (Wildman–Crippen MR) is 67.7 cm³/mol. The van der Waals surface area contributed by atoms with Crippen LogP contribution in [0.3, 0.4) is 0 Å². The number of H-pyrrole nitrogens is 1. The summed E-state index contributed by atoms with van der Waals surface area (Å²) in [7, 11) is 0. The second kappa shape index (κ2) is 4.94. The molecule has 2 rings (SSSR count). The van der Waals surface area contributed by atoms with E-state index in [2.05, 4.69) is 4.98 Å². The molecular weight excluding hydrogens is 232 g/mol. The predicted octanol–water partition coefficient (Wildman–Crippen LogP) is 0.589. The van der Waals surface area contributed by atoms with Crippen LogP contribution in [0.15, 0.2) is 10.9 Å². The Morgan fingerprint density at radius 2 is 2.22 bits per heavy atom. The Morgan fingerprint density at radius 1 is 1.50 bits per heavy atom. The maximum Gasteiger partial charge on any atom is 0.261 e. The number of aryl methyl sites for hydroxylation is 2. The molecule has 5 heteroatoms. The molecule has 2 N–H and O–H groups in total. The first-order valence-electron chi connectivity index (χ1n) is 6.17. The molecule has 0 aliphatic carbocycles. The van der Waals surface area contributed by atoms with Crippen LogP contribution in [-0.2, 0) is 0 Å². The molecule has 0 aromatic carbocycles. The highest BCUT2D eigenvalue weighted by atomic mass is 16.3. The van der Waals surface area contributed by atoms with E-state index in [1.165, 1.54) is 0 Å². The van der Waals surface area contributed by atoms with Gasteiger partial charge < -0.3 is 15.0 Å². The number of β-amino-alcohol motifs (C(OH)–C–C–N with tert-alkyl or cyclic N) is 1. The number of aliphatic hydroxyl groups is 1. The molecular formula is C13H18N2O3. The largest absolute Gasteiger partial charge is 0.391 e. The minimum Gasteiger partial charge on any atom is -0.391 e. The number of aromatic amines is 1. The van der Waals surface area contributed by atoms with Crippen LogP contribution in [0.2, 0.25) is 0 Å². The molecule has 1 aliphatic heterocycles. The van der Waals surface area contributed by atoms with E-state index in [0.29, 0.717) is 25.1 Å². The van der Waals surface area contributed by atoms with Gasteiger partial charge >= 0.3 is 0 Å². The highest BCUT2D eigenvalue weighted by Crippen LogP contribution is 2.14. The Balaban J connectivity index is 2.31. The SMILES string of the molecule is Cc1cc(C)c(C(=O)N2CCC[C@@H](O)C2)c(=O)[nH]1. The van der Waals surface area contributed by atoms with Crippen molar-refractivity contribution >= 4 is 5.91 Å². The number of hydrogen-bond donors (Lipinski definition) is 2. The van der Waals surface area contributed by atoms with Crippen molar-refractivity contribution in [2.24, 2.45) is 0 Å². The lowest BCUT2D eigenvalue weighted by molar-refractivity contribution is 0.0471. The van der Waals surface area contributed by atoms with Gasteiger partial charge in [-0.25, -0.2) is 0 Å². The van der Waals surface area contributed by atoms with E-state index in [0.717, 1.165) is 12.1 Å². The van der Waals surface area contributed by atoms with Gasteiger partial charge in [-0.1, -0.05) is 0 Å². The number of hydrogen-bond acceptors (Lipinski definition) is 3. The molecule has 5 nitrogen and oxygen atoms in total. The maximum atomic E-state index is 12.3. The molecule has 0 radical (unpaired) electrons. The minimum absolute atomic E-state index is 0.190. The Labute approximate surface area is 105 Å². The van der Waals surface area contributed by atoms with Crippen molar-refractivity contribution in [3.8, 4) is 0 Å². The molecule has 0 spiro atoms. The van der Waals surface area contributed by atoms with Gasteiger partial charge in [0, 0.05) is 18.8 Å². The third-order valence-corrected chi connectivity index (χ3v) is 3.26. The van der Waals surface area contributed by atoms with Gasteiger partial charge in [-0.05, 0) is 38.3 Å². The van der Waals surface area contributed by atoms with Crippen molar-refractivity contribution in [1.82, 2.24) is 9.88 Å². The number of likely N-dealkylation sites (tertiary alicyclic amines) is 1. The van der Waals surface area contributed by atoms with Crippen LogP contribution >= 0.6 is 0 Å². The van der Waals surface area contributed by atoms with Crippen molar-refractivity contribution in [2.75, 3.05) is 13.1 Å². The average molecular weight is 250 g/mol.